The van der Waals surface area contributed by atoms with Crippen LogP contribution in [-0.4, -0.2) is 75.3 Å². The molecule has 0 unspecified atom stereocenters. The van der Waals surface area contributed by atoms with Gasteiger partial charge in [-0.3, -0.25) is 14.4 Å². The van der Waals surface area contributed by atoms with E-state index < -0.39 is 36.6 Å². The van der Waals surface area contributed by atoms with Crippen molar-refractivity contribution in [2.45, 2.75) is 175 Å². The summed E-state index contributed by atoms with van der Waals surface area (Å²) >= 11 is 0. The van der Waals surface area contributed by atoms with Gasteiger partial charge < -0.3 is 44.4 Å². The summed E-state index contributed by atoms with van der Waals surface area (Å²) in [6, 6.07) is 39.7. The van der Waals surface area contributed by atoms with Gasteiger partial charge in [-0.05, 0) is 127 Å². The number of nitrogens with zero attached hydrogens (tertiary/aromatic N) is 6. The summed E-state index contributed by atoms with van der Waals surface area (Å²) in [5.41, 5.74) is 10.8. The van der Waals surface area contributed by atoms with Gasteiger partial charge in [-0.1, -0.05) is 130 Å². The normalized spacial score (nSPS) is 12.1. The first kappa shape index (κ1) is 79.9. The summed E-state index contributed by atoms with van der Waals surface area (Å²) in [7, 11) is 4.50. The molecule has 0 bridgehead atoms. The number of carbonyl (C=O) groups is 6. The van der Waals surface area contributed by atoms with E-state index in [4.69, 9.17) is 63.9 Å². The predicted octanol–water partition coefficient (Wildman–Crippen LogP) is 16.2. The van der Waals surface area contributed by atoms with Gasteiger partial charge in [0, 0.05) is 38.5 Å². The zero-order valence-electron chi connectivity index (χ0n) is 58.2. The number of nitriles is 3. The van der Waals surface area contributed by atoms with Crippen LogP contribution in [0.1, 0.15) is 166 Å². The molecule has 21 nitrogen and oxygen atoms in total. The van der Waals surface area contributed by atoms with E-state index in [1.165, 1.54) is 21.3 Å². The monoisotopic (exact) mass is 1340 g/mol. The predicted molar refractivity (Wildman–Crippen MR) is 375 cm³/mol. The molecule has 0 fully saturated rings. The maximum Gasteiger partial charge on any atom is 0.407 e. The Hall–Kier alpha value is -11.5. The number of ether oxygens (including phenoxy) is 6. The molecule has 0 aliphatic rings. The van der Waals surface area contributed by atoms with Crippen LogP contribution in [0.25, 0.3) is 14.5 Å². The van der Waals surface area contributed by atoms with Crippen molar-refractivity contribution in [2.75, 3.05) is 21.3 Å². The van der Waals surface area contributed by atoms with E-state index in [-0.39, 0.29) is 93.3 Å². The van der Waals surface area contributed by atoms with Crippen molar-refractivity contribution in [1.82, 2.24) is 16.0 Å². The smallest absolute Gasteiger partial charge is 0.407 e. The Morgan fingerprint density at radius 2 is 0.798 bits per heavy atom. The molecule has 6 atom stereocenters. The maximum atomic E-state index is 12.7. The zero-order valence-corrected chi connectivity index (χ0v) is 58.2. The Balaban J connectivity index is 0.000000315. The highest BCUT2D eigenvalue weighted by molar-refractivity contribution is 5.85. The van der Waals surface area contributed by atoms with Crippen molar-refractivity contribution in [1.29, 1.82) is 15.8 Å². The number of rotatable bonds is 31. The SMILES string of the molecule is [C-]#[N+]c1ccc(CC(=O)Cc2cc(C)cc([C@H](C)NC(=O)O[C@H](CC)CC#N)c2)cc1OC.[C-]#[N+]c1ccc(CC(=O)Cc2ccc(C)c([C@H](C)NC(=O)O[C@H](CC)CC#N)c2)cc1OC.[C-]#[N+]c1ccc(CC(=O)Cc2cccc([C@H](CC)NC(=O)O[C@H](CC)CC#N)c2)cc1OC. The number of carbonyl (C=O) groups excluding carboxylic acids is 6. The first-order chi connectivity index (χ1) is 47.5. The highest BCUT2D eigenvalue weighted by atomic mass is 16.6. The fourth-order valence-electron chi connectivity index (χ4n) is 10.5. The number of amides is 3. The van der Waals surface area contributed by atoms with Crippen LogP contribution < -0.4 is 30.2 Å². The molecular weight excluding hydrogens is 1250 g/mol. The van der Waals surface area contributed by atoms with E-state index in [9.17, 15) is 28.8 Å². The zero-order chi connectivity index (χ0) is 73.0. The molecule has 6 aromatic rings. The number of Topliss-reactive ketones (excluding diaryl/α,β-unsaturated/α-hetero) is 3. The number of hydrogen-bond acceptors (Lipinski definition) is 15. The van der Waals surface area contributed by atoms with Crippen molar-refractivity contribution in [3.05, 3.63) is 211 Å². The second kappa shape index (κ2) is 42.1. The molecule has 99 heavy (non-hydrogen) atoms. The van der Waals surface area contributed by atoms with Crippen molar-refractivity contribution in [3.63, 3.8) is 0 Å². The van der Waals surface area contributed by atoms with Gasteiger partial charge in [-0.25, -0.2) is 28.9 Å². The molecule has 21 heteroatoms. The van der Waals surface area contributed by atoms with Crippen molar-refractivity contribution >= 4 is 52.7 Å². The second-order valence-electron chi connectivity index (χ2n) is 23.4. The molecular formula is C78H87N9O12. The van der Waals surface area contributed by atoms with Crippen molar-refractivity contribution in [2.24, 2.45) is 0 Å². The molecule has 0 radical (unpaired) electrons. The Labute approximate surface area is 581 Å². The summed E-state index contributed by atoms with van der Waals surface area (Å²) in [6.45, 7) is 36.6. The van der Waals surface area contributed by atoms with Gasteiger partial charge in [0.1, 0.15) is 52.9 Å². The van der Waals surface area contributed by atoms with E-state index in [1.54, 1.807) is 54.6 Å². The number of hydrogen-bond donors (Lipinski definition) is 3. The fourth-order valence-corrected chi connectivity index (χ4v) is 10.5. The van der Waals surface area contributed by atoms with Crippen molar-refractivity contribution < 1.29 is 57.2 Å². The van der Waals surface area contributed by atoms with Crippen LogP contribution in [0.2, 0.25) is 0 Å². The van der Waals surface area contributed by atoms with Gasteiger partial charge in [0.15, 0.2) is 0 Å². The van der Waals surface area contributed by atoms with E-state index in [0.717, 1.165) is 61.2 Å². The van der Waals surface area contributed by atoms with Crippen LogP contribution in [0, 0.1) is 67.6 Å². The number of nitrogens with one attached hydrogen (secondary N) is 3. The minimum Gasteiger partial charge on any atom is -0.508 e. The topological polar surface area (TPSA) is 278 Å². The lowest BCUT2D eigenvalue weighted by atomic mass is 9.96. The quantitative estimate of drug-likeness (QED) is 0.0269. The Morgan fingerprint density at radius 1 is 0.434 bits per heavy atom. The Morgan fingerprint density at radius 3 is 1.18 bits per heavy atom. The standard InChI is InChI=1S/3C26H29N3O4/c1-6-23(9-10-27)33-26(31)29-18(3)21-12-17(2)11-20(13-21)15-22(30)14-19-7-8-24(28-4)25(16-19)32-5;1-6-22(11-12-27)33-26(31)29-18(3)23-15-19(8-7-17(23)2)13-21(30)14-20-9-10-24(28-4)25(16-20)32-5;1-5-22(12-13-27)33-26(31)29-23(6-2)20-9-7-8-18(14-20)15-21(30)16-19-10-11-24(28-3)25(17-19)32-4/h7-8,11-13,16,18,23H,6,9,14-15H2,1-3,5H3,(H,29,31);7-10,15-16,18,22H,6,11,13-14H2,1-3,5H3,(H,29,31);7-11,14,17,22-23H,5-6,12,15-16H2,1-2,4H3,(H,29,31)/t18-,23+;18-,22+;22-,23+/m001/s1. The van der Waals surface area contributed by atoms with Crippen LogP contribution in [0.5, 0.6) is 17.2 Å². The molecule has 516 valence electrons. The summed E-state index contributed by atoms with van der Waals surface area (Å²) < 4.78 is 31.6. The summed E-state index contributed by atoms with van der Waals surface area (Å²) in [5.74, 6) is 1.48. The fraction of sp³-hybridized carbons (Fsp3) is 0.385. The lowest BCUT2D eigenvalue weighted by molar-refractivity contribution is -0.118. The summed E-state index contributed by atoms with van der Waals surface area (Å²) in [4.78, 5) is 84.9. The van der Waals surface area contributed by atoms with Crippen molar-refractivity contribution in [3.8, 4) is 35.5 Å². The lowest BCUT2D eigenvalue weighted by Gasteiger charge is -2.20. The van der Waals surface area contributed by atoms with Gasteiger partial charge in [0.05, 0.1) is 96.6 Å². The Bertz CT molecular complexity index is 4030. The van der Waals surface area contributed by atoms with Crippen LogP contribution in [0.4, 0.5) is 31.4 Å². The summed E-state index contributed by atoms with van der Waals surface area (Å²) in [5, 5.41) is 34.9. The largest absolute Gasteiger partial charge is 0.508 e. The highest BCUT2D eigenvalue weighted by Gasteiger charge is 2.22. The molecule has 0 saturated heterocycles. The van der Waals surface area contributed by atoms with E-state index in [0.29, 0.717) is 60.0 Å². The van der Waals surface area contributed by atoms with Gasteiger partial charge in [-0.15, -0.1) is 0 Å². The van der Waals surface area contributed by atoms with Gasteiger partial charge in [0.2, 0.25) is 17.1 Å². The average molecular weight is 1340 g/mol. The molecule has 6 rings (SSSR count). The molecule has 0 heterocycles. The van der Waals surface area contributed by atoms with Gasteiger partial charge in [-0.2, -0.15) is 15.8 Å². The van der Waals surface area contributed by atoms with Crippen LogP contribution >= 0.6 is 0 Å². The number of methoxy groups -OCH3 is 3. The molecule has 0 aliphatic carbocycles. The average Bonchev–Trinajstić information content (AvgIpc) is 0.892. The maximum absolute atomic E-state index is 12.7. The van der Waals surface area contributed by atoms with Crippen LogP contribution in [-0.2, 0) is 67.1 Å². The van der Waals surface area contributed by atoms with Gasteiger partial charge in [0.25, 0.3) is 0 Å². The number of ketones is 3. The minimum absolute atomic E-state index is 0.0322. The number of aryl methyl sites for hydroxylation is 2. The third-order valence-corrected chi connectivity index (χ3v) is 15.8. The third kappa shape index (κ3) is 26.9. The molecule has 3 amide bonds. The third-order valence-electron chi connectivity index (χ3n) is 15.8. The molecule has 0 aromatic heterocycles. The molecule has 3 N–H and O–H groups in total. The first-order valence-electron chi connectivity index (χ1n) is 32.5. The molecule has 0 saturated carbocycles. The molecule has 0 spiro atoms. The lowest BCUT2D eigenvalue weighted by Crippen LogP contribution is -2.32. The highest BCUT2D eigenvalue weighted by Crippen LogP contribution is 2.32. The van der Waals surface area contributed by atoms with Gasteiger partial charge >= 0.3 is 18.3 Å². The van der Waals surface area contributed by atoms with E-state index >= 15 is 0 Å². The summed E-state index contributed by atoms with van der Waals surface area (Å²) in [6.07, 6.45) is 1.27. The van der Waals surface area contributed by atoms with Crippen LogP contribution in [0.15, 0.2) is 115 Å². The van der Waals surface area contributed by atoms with E-state index in [1.807, 2.05) is 134 Å². The van der Waals surface area contributed by atoms with Crippen LogP contribution in [0.3, 0.4) is 0 Å². The Kier molecular flexibility index (Phi) is 34.0. The molecule has 0 aliphatic heterocycles. The first-order valence-corrected chi connectivity index (χ1v) is 32.5. The number of alkyl carbamates (subject to hydrolysis) is 3. The minimum atomic E-state index is -0.569. The molecule has 6 aromatic carbocycles. The van der Waals surface area contributed by atoms with E-state index in [2.05, 4.69) is 30.5 Å². The second-order valence-corrected chi connectivity index (χ2v) is 23.4. The number of benzene rings is 6.